The topological polar surface area (TPSA) is 65.1 Å². The molecule has 29 heavy (non-hydrogen) atoms. The van der Waals surface area contributed by atoms with E-state index in [1.807, 2.05) is 7.05 Å². The Bertz CT molecular complexity index is 999. The lowest BCUT2D eigenvalue weighted by atomic mass is 10.2. The van der Waals surface area contributed by atoms with Gasteiger partial charge in [-0.2, -0.15) is 0 Å². The van der Waals surface area contributed by atoms with Gasteiger partial charge in [0.2, 0.25) is 0 Å². The van der Waals surface area contributed by atoms with Crippen LogP contribution in [0.2, 0.25) is 5.02 Å². The van der Waals surface area contributed by atoms with Gasteiger partial charge in [0.1, 0.15) is 11.9 Å². The molecule has 1 heterocycles. The van der Waals surface area contributed by atoms with Crippen molar-refractivity contribution in [2.75, 3.05) is 34.4 Å². The minimum absolute atomic E-state index is 0.0457. The van der Waals surface area contributed by atoms with Gasteiger partial charge >= 0.3 is 0 Å². The van der Waals surface area contributed by atoms with Gasteiger partial charge in [-0.25, -0.2) is 8.42 Å². The number of hydrogen-bond donors (Lipinski definition) is 0. The molecule has 0 aliphatic carbocycles. The van der Waals surface area contributed by atoms with Crippen LogP contribution in [0.25, 0.3) is 0 Å². The predicted octanol–water partition coefficient (Wildman–Crippen LogP) is 4.18. The van der Waals surface area contributed by atoms with Crippen LogP contribution in [-0.4, -0.2) is 53.8 Å². The maximum atomic E-state index is 13.1. The highest BCUT2D eigenvalue weighted by Gasteiger charge is 2.24. The molecule has 158 valence electrons. The Balaban J connectivity index is 1.86. The van der Waals surface area contributed by atoms with Crippen molar-refractivity contribution in [3.05, 3.63) is 45.4 Å². The zero-order chi connectivity index (χ0) is 21.2. The summed E-state index contributed by atoms with van der Waals surface area (Å²) >= 11 is 9.60. The Hall–Kier alpha value is -1.48. The number of ether oxygens (including phenoxy) is 3. The first kappa shape index (κ1) is 22.2. The molecule has 0 N–H and O–H groups in total. The zero-order valence-electron chi connectivity index (χ0n) is 16.4. The zero-order valence-corrected chi connectivity index (χ0v) is 19.6. The van der Waals surface area contributed by atoms with E-state index in [4.69, 9.17) is 25.8 Å². The number of halogens is 2. The van der Waals surface area contributed by atoms with Crippen molar-refractivity contribution >= 4 is 37.4 Å². The highest BCUT2D eigenvalue weighted by molar-refractivity contribution is 9.10. The van der Waals surface area contributed by atoms with E-state index >= 15 is 0 Å². The summed E-state index contributed by atoms with van der Waals surface area (Å²) < 4.78 is 43.0. The lowest BCUT2D eigenvalue weighted by molar-refractivity contribution is 0.208. The molecule has 3 rings (SSSR count). The number of benzene rings is 2. The van der Waals surface area contributed by atoms with Crippen molar-refractivity contribution in [2.45, 2.75) is 23.2 Å². The number of sulfone groups is 1. The Kier molecular flexibility index (Phi) is 6.98. The Morgan fingerprint density at radius 2 is 1.83 bits per heavy atom. The molecule has 2 aromatic rings. The lowest BCUT2D eigenvalue weighted by Crippen LogP contribution is -2.21. The number of likely N-dealkylation sites (N-methyl/N-ethyl adjacent to an activating group) is 1. The summed E-state index contributed by atoms with van der Waals surface area (Å²) in [6, 6.07) is 8.11. The highest BCUT2D eigenvalue weighted by atomic mass is 79.9. The molecule has 0 saturated carbocycles. The summed E-state index contributed by atoms with van der Waals surface area (Å²) in [5.74, 6) is 1.10. The van der Waals surface area contributed by atoms with E-state index < -0.39 is 9.84 Å². The number of rotatable bonds is 7. The molecule has 1 aliphatic rings. The lowest BCUT2D eigenvalue weighted by Gasteiger charge is -2.16. The van der Waals surface area contributed by atoms with Crippen LogP contribution < -0.4 is 14.2 Å². The van der Waals surface area contributed by atoms with Crippen molar-refractivity contribution < 1.29 is 22.6 Å². The fourth-order valence-corrected chi connectivity index (χ4v) is 5.91. The fraction of sp³-hybridized carbons (Fsp3) is 0.400. The molecular formula is C20H23BrClNO5S. The summed E-state index contributed by atoms with van der Waals surface area (Å²) in [5, 5.41) is 0.466. The molecular weight excluding hydrogens is 482 g/mol. The van der Waals surface area contributed by atoms with Gasteiger partial charge in [0.25, 0.3) is 0 Å². The summed E-state index contributed by atoms with van der Waals surface area (Å²) in [4.78, 5) is 2.31. The van der Waals surface area contributed by atoms with E-state index in [1.54, 1.807) is 24.3 Å². The summed E-state index contributed by atoms with van der Waals surface area (Å²) in [6.07, 6.45) is 0.956. The van der Waals surface area contributed by atoms with Crippen LogP contribution in [0.5, 0.6) is 17.2 Å². The minimum atomic E-state index is -3.66. The van der Waals surface area contributed by atoms with E-state index in [2.05, 4.69) is 20.8 Å². The number of hydrogen-bond acceptors (Lipinski definition) is 6. The SMILES string of the molecule is COc1cc(Br)c(S(=O)(=O)Cc2ccc(Cl)c(O[C@@H]3CCN(C)C3)c2)cc1OC. The molecule has 1 saturated heterocycles. The van der Waals surface area contributed by atoms with Gasteiger partial charge in [-0.1, -0.05) is 17.7 Å². The minimum Gasteiger partial charge on any atom is -0.493 e. The molecule has 2 aromatic carbocycles. The first-order chi connectivity index (χ1) is 13.7. The Labute approximate surface area is 184 Å². The summed E-state index contributed by atoms with van der Waals surface area (Å²) in [5.41, 5.74) is 0.595. The summed E-state index contributed by atoms with van der Waals surface area (Å²) in [6.45, 7) is 1.78. The summed E-state index contributed by atoms with van der Waals surface area (Å²) in [7, 11) is 1.34. The predicted molar refractivity (Wildman–Crippen MR) is 116 cm³/mol. The average Bonchev–Trinajstić information content (AvgIpc) is 3.08. The van der Waals surface area contributed by atoms with Gasteiger partial charge in [-0.05, 0) is 53.2 Å². The third-order valence-electron chi connectivity index (χ3n) is 4.77. The van der Waals surface area contributed by atoms with Crippen molar-refractivity contribution in [1.82, 2.24) is 4.90 Å². The molecule has 1 aliphatic heterocycles. The molecule has 0 bridgehead atoms. The molecule has 1 atom stereocenters. The van der Waals surface area contributed by atoms with Crippen LogP contribution >= 0.6 is 27.5 Å². The van der Waals surface area contributed by atoms with Crippen LogP contribution in [0.3, 0.4) is 0 Å². The van der Waals surface area contributed by atoms with Gasteiger partial charge in [0, 0.05) is 23.6 Å². The average molecular weight is 505 g/mol. The van der Waals surface area contributed by atoms with Gasteiger partial charge in [0.15, 0.2) is 21.3 Å². The molecule has 0 amide bonds. The highest BCUT2D eigenvalue weighted by Crippen LogP contribution is 2.37. The second-order valence-electron chi connectivity index (χ2n) is 6.95. The van der Waals surface area contributed by atoms with Crippen LogP contribution in [0.1, 0.15) is 12.0 Å². The fourth-order valence-electron chi connectivity index (χ4n) is 3.27. The van der Waals surface area contributed by atoms with E-state index in [1.165, 1.54) is 20.3 Å². The van der Waals surface area contributed by atoms with E-state index in [9.17, 15) is 8.42 Å². The van der Waals surface area contributed by atoms with E-state index in [-0.39, 0.29) is 16.8 Å². The van der Waals surface area contributed by atoms with Crippen molar-refractivity contribution in [1.29, 1.82) is 0 Å². The molecule has 6 nitrogen and oxygen atoms in total. The first-order valence-corrected chi connectivity index (χ1v) is 11.8. The molecule has 1 fully saturated rings. The second kappa shape index (κ2) is 9.12. The van der Waals surface area contributed by atoms with Gasteiger partial charge in [-0.3, -0.25) is 0 Å². The maximum Gasteiger partial charge on any atom is 0.183 e. The molecule has 9 heteroatoms. The van der Waals surface area contributed by atoms with E-state index in [0.717, 1.165) is 19.5 Å². The maximum absolute atomic E-state index is 13.1. The van der Waals surface area contributed by atoms with Crippen molar-refractivity contribution in [2.24, 2.45) is 0 Å². The van der Waals surface area contributed by atoms with Crippen molar-refractivity contribution in [3.8, 4) is 17.2 Å². The number of methoxy groups -OCH3 is 2. The largest absolute Gasteiger partial charge is 0.493 e. The molecule has 0 radical (unpaired) electrons. The van der Waals surface area contributed by atoms with Crippen LogP contribution in [-0.2, 0) is 15.6 Å². The van der Waals surface area contributed by atoms with Crippen LogP contribution in [0.4, 0.5) is 0 Å². The monoisotopic (exact) mass is 503 g/mol. The van der Waals surface area contributed by atoms with Gasteiger partial charge < -0.3 is 19.1 Å². The third kappa shape index (κ3) is 5.17. The quantitative estimate of drug-likeness (QED) is 0.564. The van der Waals surface area contributed by atoms with Crippen LogP contribution in [0.15, 0.2) is 39.7 Å². The smallest absolute Gasteiger partial charge is 0.183 e. The molecule has 0 unspecified atom stereocenters. The van der Waals surface area contributed by atoms with E-state index in [0.29, 0.717) is 32.3 Å². The van der Waals surface area contributed by atoms with Gasteiger partial charge in [0.05, 0.1) is 29.9 Å². The number of likely N-dealkylation sites (tertiary alicyclic amines) is 1. The Morgan fingerprint density at radius 3 is 2.45 bits per heavy atom. The molecule has 0 aromatic heterocycles. The molecule has 0 spiro atoms. The third-order valence-corrected chi connectivity index (χ3v) is 7.72. The standard InChI is InChI=1S/C20H23BrClNO5S/c1-23-7-6-14(11-23)28-17-8-13(4-5-16(17)22)12-29(24,25)20-10-19(27-3)18(26-2)9-15(20)21/h4-5,8-10,14H,6-7,11-12H2,1-3H3/t14-/m1/s1. The second-order valence-corrected chi connectivity index (χ2v) is 10.2. The Morgan fingerprint density at radius 1 is 1.14 bits per heavy atom. The van der Waals surface area contributed by atoms with Gasteiger partial charge in [-0.15, -0.1) is 0 Å². The normalized spacial score (nSPS) is 17.3. The first-order valence-electron chi connectivity index (χ1n) is 9.01. The number of nitrogens with zero attached hydrogens (tertiary/aromatic N) is 1. The van der Waals surface area contributed by atoms with Crippen molar-refractivity contribution in [3.63, 3.8) is 0 Å². The van der Waals surface area contributed by atoms with Crippen LogP contribution in [0, 0.1) is 0 Å².